The maximum atomic E-state index is 11.8. The van der Waals surface area contributed by atoms with E-state index in [0.717, 1.165) is 18.4 Å². The molecule has 2 fully saturated rings. The van der Waals surface area contributed by atoms with Gasteiger partial charge < -0.3 is 5.11 Å². The van der Waals surface area contributed by atoms with E-state index < -0.39 is 6.10 Å². The summed E-state index contributed by atoms with van der Waals surface area (Å²) >= 11 is 0. The van der Waals surface area contributed by atoms with Gasteiger partial charge >= 0.3 is 0 Å². The van der Waals surface area contributed by atoms with Crippen molar-refractivity contribution in [2.75, 3.05) is 5.06 Å². The summed E-state index contributed by atoms with van der Waals surface area (Å²) in [6, 6.07) is 7.28. The molecular weight excluding hydrogens is 218 g/mol. The second-order valence-corrected chi connectivity index (χ2v) is 4.91. The van der Waals surface area contributed by atoms with Crippen LogP contribution in [0.3, 0.4) is 0 Å². The molecule has 17 heavy (non-hydrogen) atoms. The molecule has 0 aromatic heterocycles. The molecular formula is C13H15NO3. The maximum absolute atomic E-state index is 11.8. The summed E-state index contributed by atoms with van der Waals surface area (Å²) in [7, 11) is 0. The van der Waals surface area contributed by atoms with Crippen LogP contribution in [0.25, 0.3) is 0 Å². The number of hydrogen-bond acceptors (Lipinski definition) is 3. The first kappa shape index (κ1) is 10.7. The molecule has 2 aliphatic rings. The molecule has 1 atom stereocenters. The Morgan fingerprint density at radius 3 is 2.82 bits per heavy atom. The van der Waals surface area contributed by atoms with Gasteiger partial charge in [-0.3, -0.25) is 9.63 Å². The van der Waals surface area contributed by atoms with Crippen molar-refractivity contribution in [1.82, 2.24) is 0 Å². The number of carbonyl (C=O) groups excluding carboxylic acids is 1. The number of benzene rings is 1. The third-order valence-corrected chi connectivity index (χ3v) is 3.38. The molecule has 4 heteroatoms. The zero-order valence-electron chi connectivity index (χ0n) is 9.72. The number of aliphatic hydroxyl groups is 1. The van der Waals surface area contributed by atoms with Crippen molar-refractivity contribution >= 4 is 11.6 Å². The van der Waals surface area contributed by atoms with Gasteiger partial charge in [-0.25, -0.2) is 0 Å². The number of aliphatic hydroxyl groups excluding tert-OH is 1. The van der Waals surface area contributed by atoms with Crippen LogP contribution in [0.1, 0.15) is 37.9 Å². The van der Waals surface area contributed by atoms with E-state index in [-0.39, 0.29) is 11.5 Å². The lowest BCUT2D eigenvalue weighted by Gasteiger charge is -2.17. The van der Waals surface area contributed by atoms with Crippen molar-refractivity contribution in [2.45, 2.75) is 37.9 Å². The van der Waals surface area contributed by atoms with Crippen molar-refractivity contribution in [1.29, 1.82) is 0 Å². The van der Waals surface area contributed by atoms with E-state index in [2.05, 4.69) is 0 Å². The number of anilines is 1. The summed E-state index contributed by atoms with van der Waals surface area (Å²) in [5, 5.41) is 10.9. The fraction of sp³-hybridized carbons (Fsp3) is 0.462. The lowest BCUT2D eigenvalue weighted by Crippen LogP contribution is -2.23. The molecule has 1 saturated heterocycles. The lowest BCUT2D eigenvalue weighted by molar-refractivity contribution is -0.119. The predicted molar refractivity (Wildman–Crippen MR) is 62.2 cm³/mol. The SMILES string of the molecule is CC(O)c1cccc(N2OC3(CC3)CC2=O)c1. The Hall–Kier alpha value is -1.39. The van der Waals surface area contributed by atoms with Gasteiger partial charge in [-0.05, 0) is 37.5 Å². The number of rotatable bonds is 2. The summed E-state index contributed by atoms with van der Waals surface area (Å²) in [5.41, 5.74) is 1.28. The minimum atomic E-state index is -0.539. The Morgan fingerprint density at radius 2 is 2.24 bits per heavy atom. The van der Waals surface area contributed by atoms with E-state index in [1.54, 1.807) is 13.0 Å². The van der Waals surface area contributed by atoms with Crippen LogP contribution in [-0.4, -0.2) is 16.6 Å². The Morgan fingerprint density at radius 1 is 1.47 bits per heavy atom. The molecule has 1 spiro atoms. The van der Waals surface area contributed by atoms with Crippen molar-refractivity contribution in [2.24, 2.45) is 0 Å². The third kappa shape index (κ3) is 1.83. The van der Waals surface area contributed by atoms with Gasteiger partial charge in [0.2, 0.25) is 0 Å². The molecule has 1 heterocycles. The number of nitrogens with zero attached hydrogens (tertiary/aromatic N) is 1. The molecule has 90 valence electrons. The largest absolute Gasteiger partial charge is 0.389 e. The van der Waals surface area contributed by atoms with Gasteiger partial charge in [0.1, 0.15) is 5.60 Å². The number of hydrogen-bond donors (Lipinski definition) is 1. The lowest BCUT2D eigenvalue weighted by atomic mass is 10.1. The highest BCUT2D eigenvalue weighted by molar-refractivity contribution is 5.94. The summed E-state index contributed by atoms with van der Waals surface area (Å²) in [6.07, 6.45) is 1.87. The summed E-state index contributed by atoms with van der Waals surface area (Å²) in [6.45, 7) is 1.70. The second kappa shape index (κ2) is 3.55. The zero-order chi connectivity index (χ0) is 12.0. The molecule has 0 bridgehead atoms. The van der Waals surface area contributed by atoms with Crippen LogP contribution in [0.2, 0.25) is 0 Å². The minimum absolute atomic E-state index is 0.00485. The third-order valence-electron chi connectivity index (χ3n) is 3.38. The van der Waals surface area contributed by atoms with Crippen LogP contribution >= 0.6 is 0 Å². The quantitative estimate of drug-likeness (QED) is 0.849. The van der Waals surface area contributed by atoms with E-state index in [9.17, 15) is 9.90 Å². The molecule has 1 amide bonds. The second-order valence-electron chi connectivity index (χ2n) is 4.91. The summed E-state index contributed by atoms with van der Waals surface area (Å²) < 4.78 is 0. The van der Waals surface area contributed by atoms with Crippen molar-refractivity contribution < 1.29 is 14.7 Å². The first-order valence-corrected chi connectivity index (χ1v) is 5.90. The zero-order valence-corrected chi connectivity index (χ0v) is 9.72. The highest BCUT2D eigenvalue weighted by Crippen LogP contribution is 2.48. The van der Waals surface area contributed by atoms with Gasteiger partial charge in [0.05, 0.1) is 18.2 Å². The fourth-order valence-electron chi connectivity index (χ4n) is 2.14. The minimum Gasteiger partial charge on any atom is -0.389 e. The number of hydroxylamine groups is 1. The van der Waals surface area contributed by atoms with Crippen LogP contribution in [0, 0.1) is 0 Å². The van der Waals surface area contributed by atoms with Crippen molar-refractivity contribution in [3.05, 3.63) is 29.8 Å². The van der Waals surface area contributed by atoms with Crippen LogP contribution in [0.15, 0.2) is 24.3 Å². The smallest absolute Gasteiger partial charge is 0.253 e. The average Bonchev–Trinajstić information content (AvgIpc) is 2.96. The molecule has 3 rings (SSSR count). The van der Waals surface area contributed by atoms with Gasteiger partial charge in [-0.2, -0.15) is 5.06 Å². The highest BCUT2D eigenvalue weighted by Gasteiger charge is 2.54. The van der Waals surface area contributed by atoms with E-state index in [1.165, 1.54) is 5.06 Å². The molecule has 1 aliphatic carbocycles. The monoisotopic (exact) mass is 233 g/mol. The molecule has 1 aromatic rings. The van der Waals surface area contributed by atoms with Crippen LogP contribution in [-0.2, 0) is 9.63 Å². The van der Waals surface area contributed by atoms with E-state index in [4.69, 9.17) is 4.84 Å². The number of amides is 1. The number of carbonyl (C=O) groups is 1. The Kier molecular flexibility index (Phi) is 2.24. The normalized spacial score (nSPS) is 23.2. The first-order valence-electron chi connectivity index (χ1n) is 5.90. The van der Waals surface area contributed by atoms with Crippen molar-refractivity contribution in [3.63, 3.8) is 0 Å². The average molecular weight is 233 g/mol. The molecule has 1 aliphatic heterocycles. The van der Waals surface area contributed by atoms with E-state index in [1.807, 2.05) is 18.2 Å². The Bertz CT molecular complexity index is 465. The maximum Gasteiger partial charge on any atom is 0.253 e. The van der Waals surface area contributed by atoms with E-state index in [0.29, 0.717) is 12.1 Å². The van der Waals surface area contributed by atoms with Crippen molar-refractivity contribution in [3.8, 4) is 0 Å². The fourth-order valence-corrected chi connectivity index (χ4v) is 2.14. The molecule has 1 saturated carbocycles. The standard InChI is InChI=1S/C13H15NO3/c1-9(15)10-3-2-4-11(7-10)14-12(16)8-13(17-14)5-6-13/h2-4,7,9,15H,5-6,8H2,1H3. The molecule has 1 N–H and O–H groups in total. The van der Waals surface area contributed by atoms with Gasteiger partial charge in [0.15, 0.2) is 0 Å². The summed E-state index contributed by atoms with van der Waals surface area (Å²) in [5.74, 6) is 0.00485. The Balaban J connectivity index is 1.89. The van der Waals surface area contributed by atoms with Crippen LogP contribution in [0.4, 0.5) is 5.69 Å². The van der Waals surface area contributed by atoms with Crippen LogP contribution < -0.4 is 5.06 Å². The molecule has 1 unspecified atom stereocenters. The molecule has 4 nitrogen and oxygen atoms in total. The van der Waals surface area contributed by atoms with Crippen LogP contribution in [0.5, 0.6) is 0 Å². The van der Waals surface area contributed by atoms with Gasteiger partial charge in [0, 0.05) is 0 Å². The summed E-state index contributed by atoms with van der Waals surface area (Å²) in [4.78, 5) is 17.5. The predicted octanol–water partition coefficient (Wildman–Crippen LogP) is 1.94. The molecule has 1 aromatic carbocycles. The van der Waals surface area contributed by atoms with Gasteiger partial charge in [-0.15, -0.1) is 0 Å². The van der Waals surface area contributed by atoms with Gasteiger partial charge in [0.25, 0.3) is 5.91 Å². The first-order chi connectivity index (χ1) is 8.10. The highest BCUT2D eigenvalue weighted by atomic mass is 16.7. The topological polar surface area (TPSA) is 49.8 Å². The Labute approximate surface area is 99.8 Å². The van der Waals surface area contributed by atoms with Gasteiger partial charge in [-0.1, -0.05) is 12.1 Å². The molecule has 0 radical (unpaired) electrons. The van der Waals surface area contributed by atoms with E-state index >= 15 is 0 Å².